The number of hydrogen-bond donors (Lipinski definition) is 2. The molecule has 0 bridgehead atoms. The molecule has 2 aliphatic rings. The maximum atomic E-state index is 13.2. The van der Waals surface area contributed by atoms with Gasteiger partial charge < -0.3 is 16.0 Å². The molecule has 1 atom stereocenters. The number of benzene rings is 1. The fourth-order valence-corrected chi connectivity index (χ4v) is 2.25. The summed E-state index contributed by atoms with van der Waals surface area (Å²) in [5.41, 5.74) is 6.70. The maximum absolute atomic E-state index is 13.2. The first-order chi connectivity index (χ1) is 9.06. The summed E-state index contributed by atoms with van der Waals surface area (Å²) in [5.74, 6) is -1.02. The van der Waals surface area contributed by atoms with Gasteiger partial charge in [0.2, 0.25) is 11.8 Å². The molecular formula is C13H14FN3O2. The first kappa shape index (κ1) is 12.1. The van der Waals surface area contributed by atoms with Crippen LogP contribution in [0.3, 0.4) is 0 Å². The van der Waals surface area contributed by atoms with E-state index in [1.165, 1.54) is 23.1 Å². The Hall–Kier alpha value is -1.95. The highest BCUT2D eigenvalue weighted by Crippen LogP contribution is 2.34. The lowest BCUT2D eigenvalue weighted by atomic mass is 10.1. The van der Waals surface area contributed by atoms with E-state index < -0.39 is 11.9 Å². The maximum Gasteiger partial charge on any atom is 0.249 e. The summed E-state index contributed by atoms with van der Waals surface area (Å²) in [6.45, 7) is -0.0678. The normalized spacial score (nSPS) is 21.5. The van der Waals surface area contributed by atoms with Crippen molar-refractivity contribution in [2.45, 2.75) is 24.9 Å². The minimum Gasteiger partial charge on any atom is -0.352 e. The van der Waals surface area contributed by atoms with Crippen molar-refractivity contribution in [1.82, 2.24) is 5.32 Å². The highest BCUT2D eigenvalue weighted by Gasteiger charge is 2.36. The van der Waals surface area contributed by atoms with Crippen LogP contribution in [0.15, 0.2) is 18.2 Å². The second-order valence-corrected chi connectivity index (χ2v) is 4.95. The predicted molar refractivity (Wildman–Crippen MR) is 66.8 cm³/mol. The SMILES string of the molecule is NC1C(=O)N(CC(=O)NC2CC2)c2ccc(F)cc21. The Bertz CT molecular complexity index is 557. The number of hydrogen-bond acceptors (Lipinski definition) is 3. The number of rotatable bonds is 3. The summed E-state index contributed by atoms with van der Waals surface area (Å²) in [4.78, 5) is 25.1. The van der Waals surface area contributed by atoms with E-state index in [9.17, 15) is 14.0 Å². The van der Waals surface area contributed by atoms with E-state index in [1.807, 2.05) is 0 Å². The third-order valence-corrected chi connectivity index (χ3v) is 3.39. The molecule has 1 fully saturated rings. The van der Waals surface area contributed by atoms with Crippen molar-refractivity contribution >= 4 is 17.5 Å². The van der Waals surface area contributed by atoms with Gasteiger partial charge in [-0.3, -0.25) is 9.59 Å². The fourth-order valence-electron chi connectivity index (χ4n) is 2.25. The number of nitrogens with two attached hydrogens (primary N) is 1. The van der Waals surface area contributed by atoms with Crippen molar-refractivity contribution in [2.75, 3.05) is 11.4 Å². The summed E-state index contributed by atoms with van der Waals surface area (Å²) >= 11 is 0. The van der Waals surface area contributed by atoms with Gasteiger partial charge in [-0.25, -0.2) is 4.39 Å². The lowest BCUT2D eigenvalue weighted by molar-refractivity contribution is -0.124. The monoisotopic (exact) mass is 263 g/mol. The molecule has 0 saturated heterocycles. The van der Waals surface area contributed by atoms with E-state index >= 15 is 0 Å². The van der Waals surface area contributed by atoms with Crippen molar-refractivity contribution in [2.24, 2.45) is 5.73 Å². The molecule has 6 heteroatoms. The Morgan fingerprint density at radius 3 is 2.89 bits per heavy atom. The van der Waals surface area contributed by atoms with Crippen LogP contribution in [-0.4, -0.2) is 24.4 Å². The van der Waals surface area contributed by atoms with Gasteiger partial charge in [0.15, 0.2) is 0 Å². The Labute approximate surface area is 109 Å². The molecule has 3 N–H and O–H groups in total. The number of nitrogens with zero attached hydrogens (tertiary/aromatic N) is 1. The second-order valence-electron chi connectivity index (χ2n) is 4.95. The summed E-state index contributed by atoms with van der Waals surface area (Å²) < 4.78 is 13.2. The van der Waals surface area contributed by atoms with Crippen LogP contribution in [0.1, 0.15) is 24.4 Å². The number of anilines is 1. The van der Waals surface area contributed by atoms with Crippen LogP contribution in [0.4, 0.5) is 10.1 Å². The van der Waals surface area contributed by atoms with Crippen LogP contribution in [-0.2, 0) is 9.59 Å². The standard InChI is InChI=1S/C13H14FN3O2/c14-7-1-4-10-9(5-7)12(15)13(19)17(10)6-11(18)16-8-2-3-8/h1,4-5,8,12H,2-3,6,15H2,(H,16,18). The Balaban J connectivity index is 1.82. The van der Waals surface area contributed by atoms with Crippen molar-refractivity contribution in [3.63, 3.8) is 0 Å². The van der Waals surface area contributed by atoms with Gasteiger partial charge in [0.05, 0.1) is 0 Å². The van der Waals surface area contributed by atoms with Crippen LogP contribution in [0, 0.1) is 5.82 Å². The van der Waals surface area contributed by atoms with Gasteiger partial charge in [0.25, 0.3) is 0 Å². The lowest BCUT2D eigenvalue weighted by Gasteiger charge is -2.17. The second kappa shape index (κ2) is 4.31. The number of fused-ring (bicyclic) bond motifs is 1. The average molecular weight is 263 g/mol. The molecule has 1 aliphatic carbocycles. The summed E-state index contributed by atoms with van der Waals surface area (Å²) in [5, 5.41) is 2.81. The quantitative estimate of drug-likeness (QED) is 0.831. The molecule has 0 radical (unpaired) electrons. The molecule has 1 aromatic carbocycles. The largest absolute Gasteiger partial charge is 0.352 e. The summed E-state index contributed by atoms with van der Waals surface area (Å²) in [6, 6.07) is 3.35. The minimum absolute atomic E-state index is 0.0678. The van der Waals surface area contributed by atoms with Gasteiger partial charge in [-0.15, -0.1) is 0 Å². The molecule has 0 aromatic heterocycles. The molecule has 2 amide bonds. The Morgan fingerprint density at radius 1 is 1.47 bits per heavy atom. The molecule has 1 aliphatic heterocycles. The third kappa shape index (κ3) is 2.19. The Kier molecular flexibility index (Phi) is 2.74. The molecule has 100 valence electrons. The van der Waals surface area contributed by atoms with Crippen LogP contribution < -0.4 is 16.0 Å². The first-order valence-electron chi connectivity index (χ1n) is 6.22. The highest BCUT2D eigenvalue weighted by molar-refractivity contribution is 6.07. The fraction of sp³-hybridized carbons (Fsp3) is 0.385. The summed E-state index contributed by atoms with van der Waals surface area (Å²) in [6.07, 6.45) is 1.97. The highest BCUT2D eigenvalue weighted by atomic mass is 19.1. The minimum atomic E-state index is -0.889. The number of nitrogens with one attached hydrogen (secondary N) is 1. The zero-order valence-electron chi connectivity index (χ0n) is 10.2. The molecule has 1 aromatic rings. The van der Waals surface area contributed by atoms with Crippen molar-refractivity contribution in [3.05, 3.63) is 29.6 Å². The Morgan fingerprint density at radius 2 is 2.21 bits per heavy atom. The van der Waals surface area contributed by atoms with Gasteiger partial charge >= 0.3 is 0 Å². The van der Waals surface area contributed by atoms with Crippen LogP contribution in [0.2, 0.25) is 0 Å². The zero-order chi connectivity index (χ0) is 13.6. The van der Waals surface area contributed by atoms with E-state index in [2.05, 4.69) is 5.32 Å². The zero-order valence-corrected chi connectivity index (χ0v) is 10.2. The predicted octanol–water partition coefficient (Wildman–Crippen LogP) is 0.451. The van der Waals surface area contributed by atoms with E-state index in [1.54, 1.807) is 0 Å². The van der Waals surface area contributed by atoms with E-state index in [0.29, 0.717) is 11.3 Å². The molecular weight excluding hydrogens is 249 g/mol. The number of halogens is 1. The first-order valence-corrected chi connectivity index (χ1v) is 6.22. The third-order valence-electron chi connectivity index (χ3n) is 3.39. The van der Waals surface area contributed by atoms with E-state index in [0.717, 1.165) is 12.8 Å². The van der Waals surface area contributed by atoms with Gasteiger partial charge in [-0.1, -0.05) is 0 Å². The van der Waals surface area contributed by atoms with Crippen LogP contribution in [0.25, 0.3) is 0 Å². The number of amides is 2. The molecule has 19 heavy (non-hydrogen) atoms. The molecule has 5 nitrogen and oxygen atoms in total. The molecule has 1 saturated carbocycles. The van der Waals surface area contributed by atoms with Crippen LogP contribution in [0.5, 0.6) is 0 Å². The molecule has 3 rings (SSSR count). The van der Waals surface area contributed by atoms with E-state index in [4.69, 9.17) is 5.73 Å². The molecule has 1 heterocycles. The van der Waals surface area contributed by atoms with Gasteiger partial charge in [-0.2, -0.15) is 0 Å². The average Bonchev–Trinajstić information content (AvgIpc) is 3.14. The van der Waals surface area contributed by atoms with Gasteiger partial charge in [0, 0.05) is 17.3 Å². The smallest absolute Gasteiger partial charge is 0.249 e. The van der Waals surface area contributed by atoms with Crippen molar-refractivity contribution < 1.29 is 14.0 Å². The van der Waals surface area contributed by atoms with Gasteiger partial charge in [0.1, 0.15) is 18.4 Å². The molecule has 0 spiro atoms. The topological polar surface area (TPSA) is 75.4 Å². The van der Waals surface area contributed by atoms with E-state index in [-0.39, 0.29) is 24.4 Å². The molecule has 1 unspecified atom stereocenters. The van der Waals surface area contributed by atoms with Gasteiger partial charge in [-0.05, 0) is 31.0 Å². The lowest BCUT2D eigenvalue weighted by Crippen LogP contribution is -2.41. The van der Waals surface area contributed by atoms with Crippen LogP contribution >= 0.6 is 0 Å². The van der Waals surface area contributed by atoms with Crippen molar-refractivity contribution in [3.8, 4) is 0 Å². The summed E-state index contributed by atoms with van der Waals surface area (Å²) in [7, 11) is 0. The van der Waals surface area contributed by atoms with Crippen molar-refractivity contribution in [1.29, 1.82) is 0 Å². The number of carbonyl (C=O) groups is 2. The number of carbonyl (C=O) groups excluding carboxylic acids is 2.